The summed E-state index contributed by atoms with van der Waals surface area (Å²) in [6.07, 6.45) is 3.88. The van der Waals surface area contributed by atoms with E-state index in [0.717, 1.165) is 55.4 Å². The van der Waals surface area contributed by atoms with Crippen LogP contribution in [0.1, 0.15) is 11.3 Å². The molecule has 3 heterocycles. The van der Waals surface area contributed by atoms with Crippen LogP contribution in [0.3, 0.4) is 0 Å². The van der Waals surface area contributed by atoms with Crippen LogP contribution in [-0.4, -0.2) is 53.0 Å². The normalized spacial score (nSPS) is 15.0. The second-order valence-electron chi connectivity index (χ2n) is 7.40. The van der Waals surface area contributed by atoms with Gasteiger partial charge in [-0.15, -0.1) is 0 Å². The highest BCUT2D eigenvalue weighted by atomic mass is 19.1. The van der Waals surface area contributed by atoms with Crippen LogP contribution in [-0.2, 0) is 13.6 Å². The van der Waals surface area contributed by atoms with Crippen molar-refractivity contribution in [3.63, 3.8) is 0 Å². The zero-order valence-corrected chi connectivity index (χ0v) is 17.1. The number of benzene rings is 1. The zero-order chi connectivity index (χ0) is 20.4. The number of aryl methyl sites for hydroxylation is 2. The molecule has 152 valence electrons. The van der Waals surface area contributed by atoms with E-state index < -0.39 is 0 Å². The van der Waals surface area contributed by atoms with Gasteiger partial charge in [0.1, 0.15) is 17.4 Å². The summed E-state index contributed by atoms with van der Waals surface area (Å²) in [4.78, 5) is 9.33. The number of methoxy groups -OCH3 is 1. The Hall–Kier alpha value is -2.93. The van der Waals surface area contributed by atoms with E-state index in [-0.39, 0.29) is 5.82 Å². The first kappa shape index (κ1) is 19.4. The number of hydrogen-bond donors (Lipinski definition) is 0. The van der Waals surface area contributed by atoms with E-state index in [1.807, 2.05) is 23.9 Å². The summed E-state index contributed by atoms with van der Waals surface area (Å²) in [6.45, 7) is 6.55. The van der Waals surface area contributed by atoms with Gasteiger partial charge in [0.05, 0.1) is 12.8 Å². The predicted molar refractivity (Wildman–Crippen MR) is 112 cm³/mol. The van der Waals surface area contributed by atoms with Gasteiger partial charge in [0.25, 0.3) is 0 Å². The molecule has 1 aliphatic rings. The Morgan fingerprint density at radius 3 is 2.59 bits per heavy atom. The number of anilines is 1. The van der Waals surface area contributed by atoms with Crippen molar-refractivity contribution in [2.24, 2.45) is 7.05 Å². The minimum absolute atomic E-state index is 0.285. The molecule has 7 heteroatoms. The molecule has 0 amide bonds. The van der Waals surface area contributed by atoms with Gasteiger partial charge in [-0.2, -0.15) is 5.10 Å². The summed E-state index contributed by atoms with van der Waals surface area (Å²) in [5.74, 6) is 1.23. The number of nitrogens with zero attached hydrogens (tertiary/aromatic N) is 5. The van der Waals surface area contributed by atoms with Crippen LogP contribution in [0.5, 0.6) is 5.75 Å². The van der Waals surface area contributed by atoms with E-state index in [0.29, 0.717) is 5.75 Å². The summed E-state index contributed by atoms with van der Waals surface area (Å²) in [6, 6.07) is 8.45. The first-order valence-electron chi connectivity index (χ1n) is 9.80. The Balaban J connectivity index is 1.53. The molecule has 0 unspecified atom stereocenters. The number of rotatable bonds is 5. The van der Waals surface area contributed by atoms with E-state index >= 15 is 0 Å². The van der Waals surface area contributed by atoms with Crippen molar-refractivity contribution >= 4 is 5.82 Å². The average molecular weight is 395 g/mol. The van der Waals surface area contributed by atoms with Gasteiger partial charge in [-0.1, -0.05) is 0 Å². The minimum Gasteiger partial charge on any atom is -0.496 e. The van der Waals surface area contributed by atoms with Gasteiger partial charge < -0.3 is 9.64 Å². The molecule has 1 aliphatic heterocycles. The van der Waals surface area contributed by atoms with Crippen molar-refractivity contribution in [2.45, 2.75) is 13.5 Å². The molecule has 1 saturated heterocycles. The molecule has 0 radical (unpaired) electrons. The fourth-order valence-corrected chi connectivity index (χ4v) is 3.91. The Kier molecular flexibility index (Phi) is 5.49. The maximum absolute atomic E-state index is 13.9. The molecule has 29 heavy (non-hydrogen) atoms. The van der Waals surface area contributed by atoms with Crippen LogP contribution >= 0.6 is 0 Å². The van der Waals surface area contributed by atoms with Crippen molar-refractivity contribution in [1.29, 1.82) is 0 Å². The van der Waals surface area contributed by atoms with Crippen molar-refractivity contribution in [2.75, 3.05) is 38.2 Å². The molecule has 0 saturated carbocycles. The molecule has 0 bridgehead atoms. The summed E-state index contributed by atoms with van der Waals surface area (Å²) in [5.41, 5.74) is 3.97. The van der Waals surface area contributed by atoms with Crippen LogP contribution < -0.4 is 9.64 Å². The zero-order valence-electron chi connectivity index (χ0n) is 17.1. The van der Waals surface area contributed by atoms with Crippen LogP contribution in [0.15, 0.2) is 42.7 Å². The highest BCUT2D eigenvalue weighted by Gasteiger charge is 2.22. The molecule has 0 aliphatic carbocycles. The van der Waals surface area contributed by atoms with Crippen molar-refractivity contribution in [3.05, 3.63) is 59.8 Å². The number of piperazine rings is 1. The second kappa shape index (κ2) is 8.21. The summed E-state index contributed by atoms with van der Waals surface area (Å²) >= 11 is 0. The molecule has 1 fully saturated rings. The summed E-state index contributed by atoms with van der Waals surface area (Å²) < 4.78 is 21.3. The van der Waals surface area contributed by atoms with Gasteiger partial charge in [-0.3, -0.25) is 9.58 Å². The lowest BCUT2D eigenvalue weighted by molar-refractivity contribution is 0.249. The SMILES string of the molecule is COc1ccc(F)cc1-c1cccnc1N1CCN(Cc2cn(C)nc2C)CC1. The van der Waals surface area contributed by atoms with E-state index in [9.17, 15) is 4.39 Å². The Labute approximate surface area is 170 Å². The van der Waals surface area contributed by atoms with Gasteiger partial charge in [-0.25, -0.2) is 9.37 Å². The Bertz CT molecular complexity index is 995. The lowest BCUT2D eigenvalue weighted by atomic mass is 10.0. The number of aromatic nitrogens is 3. The lowest BCUT2D eigenvalue weighted by Gasteiger charge is -2.36. The quantitative estimate of drug-likeness (QED) is 0.664. The van der Waals surface area contributed by atoms with Gasteiger partial charge in [0.2, 0.25) is 0 Å². The Morgan fingerprint density at radius 2 is 1.90 bits per heavy atom. The number of ether oxygens (including phenoxy) is 1. The van der Waals surface area contributed by atoms with Crippen LogP contribution in [0.25, 0.3) is 11.1 Å². The second-order valence-corrected chi connectivity index (χ2v) is 7.40. The molecule has 3 aromatic rings. The maximum atomic E-state index is 13.9. The molecule has 0 N–H and O–H groups in total. The summed E-state index contributed by atoms with van der Waals surface area (Å²) in [5, 5.41) is 4.43. The molecule has 2 aromatic heterocycles. The van der Waals surface area contributed by atoms with E-state index in [2.05, 4.69) is 33.0 Å². The number of pyridine rings is 1. The third-order valence-electron chi connectivity index (χ3n) is 5.42. The van der Waals surface area contributed by atoms with Gasteiger partial charge in [0.15, 0.2) is 0 Å². The van der Waals surface area contributed by atoms with Crippen molar-refractivity contribution in [3.8, 4) is 16.9 Å². The third kappa shape index (κ3) is 4.10. The summed E-state index contributed by atoms with van der Waals surface area (Å²) in [7, 11) is 3.56. The number of halogens is 1. The molecular formula is C22H26FN5O. The highest BCUT2D eigenvalue weighted by Crippen LogP contribution is 2.36. The smallest absolute Gasteiger partial charge is 0.136 e. The molecule has 0 spiro atoms. The first-order chi connectivity index (χ1) is 14.0. The van der Waals surface area contributed by atoms with Gasteiger partial charge in [-0.05, 0) is 37.3 Å². The highest BCUT2D eigenvalue weighted by molar-refractivity contribution is 5.80. The molecule has 4 rings (SSSR count). The standard InChI is InChI=1S/C22H26FN5O/c1-16-17(14-26(2)25-16)15-27-9-11-28(12-10-27)22-19(5-4-8-24-22)20-13-18(23)6-7-21(20)29-3/h4-8,13-14H,9-12,15H2,1-3H3. The monoisotopic (exact) mass is 395 g/mol. The fourth-order valence-electron chi connectivity index (χ4n) is 3.91. The fraction of sp³-hybridized carbons (Fsp3) is 0.364. The first-order valence-corrected chi connectivity index (χ1v) is 9.80. The van der Waals surface area contributed by atoms with E-state index in [4.69, 9.17) is 4.74 Å². The van der Waals surface area contributed by atoms with Gasteiger partial charge in [0, 0.05) is 68.9 Å². The van der Waals surface area contributed by atoms with Crippen LogP contribution in [0.4, 0.5) is 10.2 Å². The largest absolute Gasteiger partial charge is 0.496 e. The third-order valence-corrected chi connectivity index (χ3v) is 5.42. The molecule has 6 nitrogen and oxygen atoms in total. The minimum atomic E-state index is -0.285. The maximum Gasteiger partial charge on any atom is 0.136 e. The predicted octanol–water partition coefficient (Wildman–Crippen LogP) is 3.26. The molecular weight excluding hydrogens is 369 g/mol. The van der Waals surface area contributed by atoms with Crippen LogP contribution in [0.2, 0.25) is 0 Å². The average Bonchev–Trinajstić information content (AvgIpc) is 3.05. The van der Waals surface area contributed by atoms with Crippen LogP contribution in [0, 0.1) is 12.7 Å². The molecule has 1 aromatic carbocycles. The van der Waals surface area contributed by atoms with Crippen molar-refractivity contribution in [1.82, 2.24) is 19.7 Å². The molecule has 0 atom stereocenters. The number of hydrogen-bond acceptors (Lipinski definition) is 5. The topological polar surface area (TPSA) is 46.4 Å². The van der Waals surface area contributed by atoms with Crippen molar-refractivity contribution < 1.29 is 9.13 Å². The Morgan fingerprint density at radius 1 is 1.10 bits per heavy atom. The lowest BCUT2D eigenvalue weighted by Crippen LogP contribution is -2.46. The van der Waals surface area contributed by atoms with Gasteiger partial charge >= 0.3 is 0 Å². The van der Waals surface area contributed by atoms with E-state index in [1.165, 1.54) is 17.7 Å². The van der Waals surface area contributed by atoms with E-state index in [1.54, 1.807) is 19.4 Å².